The lowest BCUT2D eigenvalue weighted by molar-refractivity contribution is -0.387. The van der Waals surface area contributed by atoms with Gasteiger partial charge in [-0.25, -0.2) is 0 Å². The van der Waals surface area contributed by atoms with Gasteiger partial charge in [-0.1, -0.05) is 6.07 Å². The second kappa shape index (κ2) is 4.65. The highest BCUT2D eigenvalue weighted by Crippen LogP contribution is 2.32. The van der Waals surface area contributed by atoms with Crippen LogP contribution in [0.1, 0.15) is 5.56 Å². The minimum absolute atomic E-state index is 0.196. The van der Waals surface area contributed by atoms with Gasteiger partial charge in [-0.15, -0.1) is 0 Å². The molecule has 1 rings (SSSR count). The highest BCUT2D eigenvalue weighted by atomic mass is 19.3. The summed E-state index contributed by atoms with van der Waals surface area (Å²) in [5, 5.41) is 19.2. The van der Waals surface area contributed by atoms with Crippen molar-refractivity contribution >= 4 is 5.69 Å². The van der Waals surface area contributed by atoms with Crippen LogP contribution in [-0.2, 0) is 0 Å². The van der Waals surface area contributed by atoms with Crippen molar-refractivity contribution in [2.45, 2.75) is 6.61 Å². The fraction of sp³-hybridized carbons (Fsp3) is 0.125. The topological polar surface area (TPSA) is 72.6 Å². The molecule has 15 heavy (non-hydrogen) atoms. The lowest BCUT2D eigenvalue weighted by Gasteiger charge is -2.06. The van der Waals surface area contributed by atoms with Crippen LogP contribution in [0, 0.1) is 16.7 Å². The Labute approximate surface area is 83.1 Å². The minimum Gasteiger partial charge on any atom is -0.427 e. The molecule has 0 aliphatic carbocycles. The smallest absolute Gasteiger partial charge is 0.387 e. The van der Waals surface area contributed by atoms with Crippen LogP contribution in [0.4, 0.5) is 14.5 Å². The van der Waals surface area contributed by atoms with E-state index in [-0.39, 0.29) is 5.56 Å². The van der Waals surface area contributed by atoms with E-state index in [1.54, 1.807) is 0 Å². The predicted octanol–water partition coefficient (Wildman–Crippen LogP) is 2.08. The second-order valence-electron chi connectivity index (χ2n) is 2.46. The molecule has 1 aromatic carbocycles. The van der Waals surface area contributed by atoms with Crippen LogP contribution in [0.2, 0.25) is 0 Å². The molecule has 1 radical (unpaired) electrons. The number of hydrogen-bond acceptors (Lipinski definition) is 4. The zero-order valence-electron chi connectivity index (χ0n) is 7.26. The molecule has 7 heteroatoms. The first-order valence-electron chi connectivity index (χ1n) is 3.76. The van der Waals surface area contributed by atoms with E-state index in [1.807, 2.05) is 0 Å². The number of alkyl halides is 2. The van der Waals surface area contributed by atoms with E-state index >= 15 is 0 Å². The summed E-state index contributed by atoms with van der Waals surface area (Å²) in [4.78, 5) is 9.63. The van der Waals surface area contributed by atoms with Crippen LogP contribution < -0.4 is 4.74 Å². The molecule has 0 amide bonds. The molecular formula is C8H6F2NO4. The Morgan fingerprint density at radius 1 is 1.53 bits per heavy atom. The maximum atomic E-state index is 11.9. The molecule has 0 aliphatic rings. The van der Waals surface area contributed by atoms with Gasteiger partial charge in [-0.05, 0) is 12.1 Å². The molecule has 0 heterocycles. The number of hydrogen-bond donors (Lipinski definition) is 1. The number of aliphatic hydroxyl groups is 1. The molecular weight excluding hydrogens is 212 g/mol. The van der Waals surface area contributed by atoms with E-state index in [9.17, 15) is 18.9 Å². The summed E-state index contributed by atoms with van der Waals surface area (Å²) < 4.78 is 27.7. The van der Waals surface area contributed by atoms with Crippen LogP contribution in [0.15, 0.2) is 18.2 Å². The van der Waals surface area contributed by atoms with E-state index in [0.717, 1.165) is 6.07 Å². The van der Waals surface area contributed by atoms with Crippen LogP contribution in [-0.4, -0.2) is 16.6 Å². The summed E-state index contributed by atoms with van der Waals surface area (Å²) in [5.74, 6) is -0.585. The van der Waals surface area contributed by atoms with Crippen molar-refractivity contribution in [2.75, 3.05) is 0 Å². The highest BCUT2D eigenvalue weighted by molar-refractivity contribution is 5.54. The van der Waals surface area contributed by atoms with E-state index < -0.39 is 23.0 Å². The first kappa shape index (κ1) is 11.3. The van der Waals surface area contributed by atoms with Crippen molar-refractivity contribution in [2.24, 2.45) is 0 Å². The maximum absolute atomic E-state index is 11.9. The monoisotopic (exact) mass is 218 g/mol. The van der Waals surface area contributed by atoms with Crippen LogP contribution in [0.3, 0.4) is 0 Å². The average Bonchev–Trinajstić information content (AvgIpc) is 2.15. The average molecular weight is 218 g/mol. The molecule has 0 spiro atoms. The minimum atomic E-state index is -3.15. The van der Waals surface area contributed by atoms with Gasteiger partial charge in [0.15, 0.2) is 0 Å². The van der Waals surface area contributed by atoms with Gasteiger partial charge < -0.3 is 9.84 Å². The Bertz CT molecular complexity index is 370. The van der Waals surface area contributed by atoms with Gasteiger partial charge in [-0.2, -0.15) is 8.78 Å². The largest absolute Gasteiger partial charge is 0.427 e. The van der Waals surface area contributed by atoms with Crippen LogP contribution >= 0.6 is 0 Å². The van der Waals surface area contributed by atoms with Gasteiger partial charge in [-0.3, -0.25) is 10.1 Å². The van der Waals surface area contributed by atoms with Crippen molar-refractivity contribution in [1.29, 1.82) is 0 Å². The van der Waals surface area contributed by atoms with Gasteiger partial charge in [0, 0.05) is 0 Å². The van der Waals surface area contributed by atoms with Crippen molar-refractivity contribution in [3.63, 3.8) is 0 Å². The van der Waals surface area contributed by atoms with Crippen LogP contribution in [0.5, 0.6) is 5.75 Å². The van der Waals surface area contributed by atoms with Gasteiger partial charge in [0.1, 0.15) is 6.61 Å². The second-order valence-corrected chi connectivity index (χ2v) is 2.46. The summed E-state index contributed by atoms with van der Waals surface area (Å²) in [7, 11) is 0. The summed E-state index contributed by atoms with van der Waals surface area (Å²) in [6.45, 7) is -2.70. The number of ether oxygens (including phenoxy) is 1. The maximum Gasteiger partial charge on any atom is 0.387 e. The third-order valence-electron chi connectivity index (χ3n) is 1.57. The summed E-state index contributed by atoms with van der Waals surface area (Å²) >= 11 is 0. The molecule has 0 aliphatic heterocycles. The fourth-order valence-electron chi connectivity index (χ4n) is 1.03. The Balaban J connectivity index is 3.19. The molecule has 0 unspecified atom stereocenters. The van der Waals surface area contributed by atoms with Gasteiger partial charge in [0.2, 0.25) is 5.75 Å². The summed E-state index contributed by atoms with van der Waals surface area (Å²) in [6.07, 6.45) is 0. The van der Waals surface area contributed by atoms with Gasteiger partial charge in [0.05, 0.1) is 10.5 Å². The highest BCUT2D eigenvalue weighted by Gasteiger charge is 2.22. The standard InChI is InChI=1S/C8H6F2NO4/c9-8(10)15-6-3-1-2-5(4-12)7(6)11(13)14/h1-4,8,12H. The molecule has 5 nitrogen and oxygen atoms in total. The van der Waals surface area contributed by atoms with Crippen LogP contribution in [0.25, 0.3) is 0 Å². The molecule has 0 fully saturated rings. The lowest BCUT2D eigenvalue weighted by atomic mass is 10.2. The Morgan fingerprint density at radius 2 is 2.20 bits per heavy atom. The third-order valence-corrected chi connectivity index (χ3v) is 1.57. The first-order valence-corrected chi connectivity index (χ1v) is 3.76. The zero-order chi connectivity index (χ0) is 11.4. The number of rotatable bonds is 4. The summed E-state index contributed by atoms with van der Waals surface area (Å²) in [6, 6.07) is 3.49. The van der Waals surface area contributed by atoms with Crippen molar-refractivity contribution in [3.05, 3.63) is 40.5 Å². The Kier molecular flexibility index (Phi) is 3.51. The number of nitro benzene ring substituents is 1. The van der Waals surface area contributed by atoms with Gasteiger partial charge in [0.25, 0.3) is 0 Å². The molecule has 0 bridgehead atoms. The van der Waals surface area contributed by atoms with E-state index in [2.05, 4.69) is 4.74 Å². The summed E-state index contributed by atoms with van der Waals surface area (Å²) in [5.41, 5.74) is -0.890. The normalized spacial score (nSPS) is 10.4. The van der Waals surface area contributed by atoms with E-state index in [0.29, 0.717) is 6.61 Å². The SMILES string of the molecule is O=[N+]([O-])c1c([CH]O)cccc1OC(F)F. The number of nitrogens with zero attached hydrogens (tertiary/aromatic N) is 1. The molecule has 1 aromatic rings. The van der Waals surface area contributed by atoms with Crippen molar-refractivity contribution in [1.82, 2.24) is 0 Å². The Hall–Kier alpha value is -1.76. The van der Waals surface area contributed by atoms with Gasteiger partial charge >= 0.3 is 12.3 Å². The predicted molar refractivity (Wildman–Crippen MR) is 45.1 cm³/mol. The third kappa shape index (κ3) is 2.59. The lowest BCUT2D eigenvalue weighted by Crippen LogP contribution is -2.05. The quantitative estimate of drug-likeness (QED) is 0.620. The number of benzene rings is 1. The number of halogens is 2. The Morgan fingerprint density at radius 3 is 2.67 bits per heavy atom. The molecule has 1 N–H and O–H groups in total. The molecule has 81 valence electrons. The molecule has 0 atom stereocenters. The first-order chi connectivity index (χ1) is 7.06. The van der Waals surface area contributed by atoms with E-state index in [1.165, 1.54) is 12.1 Å². The molecule has 0 saturated carbocycles. The number of aliphatic hydroxyl groups excluding tert-OH is 1. The van der Waals surface area contributed by atoms with Crippen molar-refractivity contribution in [3.8, 4) is 5.75 Å². The molecule has 0 aromatic heterocycles. The van der Waals surface area contributed by atoms with E-state index in [4.69, 9.17) is 5.11 Å². The zero-order valence-corrected chi connectivity index (χ0v) is 7.26. The van der Waals surface area contributed by atoms with Crippen molar-refractivity contribution < 1.29 is 23.5 Å². The number of para-hydroxylation sites is 1. The number of nitro groups is 1. The molecule has 0 saturated heterocycles. The fourth-order valence-corrected chi connectivity index (χ4v) is 1.03.